The Labute approximate surface area is 154 Å². The summed E-state index contributed by atoms with van der Waals surface area (Å²) in [6, 6.07) is 15.7. The van der Waals surface area contributed by atoms with Crippen molar-refractivity contribution in [1.29, 1.82) is 0 Å². The van der Waals surface area contributed by atoms with Crippen LogP contribution in [-0.2, 0) is 6.18 Å². The second-order valence-electron chi connectivity index (χ2n) is 5.68. The van der Waals surface area contributed by atoms with E-state index >= 15 is 0 Å². The van der Waals surface area contributed by atoms with Crippen molar-refractivity contribution >= 4 is 23.1 Å². The molecule has 0 radical (unpaired) electrons. The Balaban J connectivity index is 1.98. The molecule has 0 spiro atoms. The van der Waals surface area contributed by atoms with Crippen molar-refractivity contribution in [2.75, 3.05) is 24.4 Å². The van der Waals surface area contributed by atoms with E-state index in [0.717, 1.165) is 11.9 Å². The third-order valence-corrected chi connectivity index (χ3v) is 3.88. The Kier molecular flexibility index (Phi) is 5.16. The number of hydrogen-bond acceptors (Lipinski definition) is 5. The zero-order chi connectivity index (χ0) is 19.4. The first-order valence-electron chi connectivity index (χ1n) is 8.02. The second kappa shape index (κ2) is 7.53. The Hall–Kier alpha value is -3.29. The van der Waals surface area contributed by atoms with E-state index in [9.17, 15) is 13.2 Å². The molecule has 8 heteroatoms. The lowest BCUT2D eigenvalue weighted by Gasteiger charge is -2.20. The van der Waals surface area contributed by atoms with Crippen LogP contribution < -0.4 is 15.0 Å². The molecule has 0 unspecified atom stereocenters. The SMILES string of the molecule is COc1ccc(Nc2nc(N(C)c3ccccc3)ncc2C(F)(F)F)cc1. The van der Waals surface area contributed by atoms with Crippen molar-refractivity contribution in [3.8, 4) is 5.75 Å². The first-order chi connectivity index (χ1) is 12.9. The fraction of sp³-hybridized carbons (Fsp3) is 0.158. The number of nitrogens with one attached hydrogen (secondary N) is 1. The van der Waals surface area contributed by atoms with Gasteiger partial charge in [0.1, 0.15) is 17.1 Å². The summed E-state index contributed by atoms with van der Waals surface area (Å²) in [5.41, 5.74) is 0.268. The van der Waals surface area contributed by atoms with Crippen LogP contribution in [0.5, 0.6) is 5.75 Å². The molecule has 0 saturated carbocycles. The molecule has 3 rings (SSSR count). The average Bonchev–Trinajstić information content (AvgIpc) is 2.68. The van der Waals surface area contributed by atoms with Gasteiger partial charge in [0.15, 0.2) is 0 Å². The summed E-state index contributed by atoms with van der Waals surface area (Å²) in [6.45, 7) is 0. The standard InChI is InChI=1S/C19H17F3N4O/c1-26(14-6-4-3-5-7-14)18-23-12-16(19(20,21)22)17(25-18)24-13-8-10-15(27-2)11-9-13/h3-12H,1-2H3,(H,23,24,25). The number of para-hydroxylation sites is 1. The first-order valence-corrected chi connectivity index (χ1v) is 8.02. The first kappa shape index (κ1) is 18.5. The van der Waals surface area contributed by atoms with E-state index < -0.39 is 11.7 Å². The van der Waals surface area contributed by atoms with Gasteiger partial charge in [0, 0.05) is 24.6 Å². The number of halogens is 3. The summed E-state index contributed by atoms with van der Waals surface area (Å²) in [4.78, 5) is 9.60. The molecule has 0 fully saturated rings. The summed E-state index contributed by atoms with van der Waals surface area (Å²) >= 11 is 0. The Morgan fingerprint density at radius 2 is 1.67 bits per heavy atom. The number of methoxy groups -OCH3 is 1. The lowest BCUT2D eigenvalue weighted by molar-refractivity contribution is -0.137. The molecular formula is C19H17F3N4O. The third kappa shape index (κ3) is 4.28. The van der Waals surface area contributed by atoms with Crippen molar-refractivity contribution in [3.05, 3.63) is 66.4 Å². The molecular weight excluding hydrogens is 357 g/mol. The van der Waals surface area contributed by atoms with Crippen molar-refractivity contribution in [1.82, 2.24) is 9.97 Å². The van der Waals surface area contributed by atoms with Crippen LogP contribution in [0.1, 0.15) is 5.56 Å². The summed E-state index contributed by atoms with van der Waals surface area (Å²) in [6.07, 6.45) is -3.80. The molecule has 27 heavy (non-hydrogen) atoms. The van der Waals surface area contributed by atoms with Crippen molar-refractivity contribution in [2.24, 2.45) is 0 Å². The van der Waals surface area contributed by atoms with E-state index in [-0.39, 0.29) is 11.8 Å². The molecule has 0 saturated heterocycles. The van der Waals surface area contributed by atoms with Gasteiger partial charge in [0.2, 0.25) is 5.95 Å². The van der Waals surface area contributed by atoms with Crippen LogP contribution in [0.25, 0.3) is 0 Å². The van der Waals surface area contributed by atoms with Gasteiger partial charge in [-0.25, -0.2) is 4.98 Å². The van der Waals surface area contributed by atoms with Gasteiger partial charge < -0.3 is 15.0 Å². The number of hydrogen-bond donors (Lipinski definition) is 1. The van der Waals surface area contributed by atoms with Crippen LogP contribution in [0.15, 0.2) is 60.8 Å². The van der Waals surface area contributed by atoms with E-state index in [1.54, 1.807) is 36.2 Å². The summed E-state index contributed by atoms with van der Waals surface area (Å²) in [5, 5.41) is 2.72. The number of ether oxygens (including phenoxy) is 1. The molecule has 0 atom stereocenters. The molecule has 2 aromatic carbocycles. The van der Waals surface area contributed by atoms with Gasteiger partial charge >= 0.3 is 6.18 Å². The van der Waals surface area contributed by atoms with Gasteiger partial charge in [-0.1, -0.05) is 18.2 Å². The molecule has 0 aliphatic heterocycles. The number of rotatable bonds is 5. The molecule has 1 aromatic heterocycles. The molecule has 1 heterocycles. The summed E-state index contributed by atoms with van der Waals surface area (Å²) in [7, 11) is 3.20. The highest BCUT2D eigenvalue weighted by molar-refractivity contribution is 5.64. The van der Waals surface area contributed by atoms with Crippen molar-refractivity contribution in [3.63, 3.8) is 0 Å². The number of alkyl halides is 3. The van der Waals surface area contributed by atoms with E-state index in [1.165, 1.54) is 7.11 Å². The van der Waals surface area contributed by atoms with Gasteiger partial charge in [0.05, 0.1) is 7.11 Å². The molecule has 0 aliphatic rings. The van der Waals surface area contributed by atoms with E-state index in [0.29, 0.717) is 11.4 Å². The van der Waals surface area contributed by atoms with Crippen LogP contribution in [-0.4, -0.2) is 24.1 Å². The Bertz CT molecular complexity index is 899. The van der Waals surface area contributed by atoms with E-state index in [1.807, 2.05) is 30.3 Å². The predicted molar refractivity (Wildman–Crippen MR) is 97.8 cm³/mol. The number of anilines is 4. The molecule has 1 N–H and O–H groups in total. The molecule has 0 aliphatic carbocycles. The predicted octanol–water partition coefficient (Wildman–Crippen LogP) is 5.02. The van der Waals surface area contributed by atoms with Crippen LogP contribution in [0.4, 0.5) is 36.3 Å². The Morgan fingerprint density at radius 1 is 1.00 bits per heavy atom. The Morgan fingerprint density at radius 3 is 2.26 bits per heavy atom. The number of nitrogens with zero attached hydrogens (tertiary/aromatic N) is 3. The van der Waals surface area contributed by atoms with Gasteiger partial charge in [-0.3, -0.25) is 0 Å². The van der Waals surface area contributed by atoms with E-state index in [4.69, 9.17) is 4.74 Å². The van der Waals surface area contributed by atoms with Gasteiger partial charge in [0.25, 0.3) is 0 Å². The largest absolute Gasteiger partial charge is 0.497 e. The minimum absolute atomic E-state index is 0.144. The highest BCUT2D eigenvalue weighted by Gasteiger charge is 2.35. The van der Waals surface area contributed by atoms with Crippen molar-refractivity contribution in [2.45, 2.75) is 6.18 Å². The van der Waals surface area contributed by atoms with Gasteiger partial charge in [-0.05, 0) is 36.4 Å². The monoisotopic (exact) mass is 374 g/mol. The molecule has 0 bridgehead atoms. The third-order valence-electron chi connectivity index (χ3n) is 3.88. The highest BCUT2D eigenvalue weighted by atomic mass is 19.4. The fourth-order valence-electron chi connectivity index (χ4n) is 2.41. The molecule has 0 amide bonds. The minimum atomic E-state index is -4.58. The lowest BCUT2D eigenvalue weighted by atomic mass is 10.2. The fourth-order valence-corrected chi connectivity index (χ4v) is 2.41. The number of aromatic nitrogens is 2. The molecule has 5 nitrogen and oxygen atoms in total. The van der Waals surface area contributed by atoms with Crippen LogP contribution in [0.2, 0.25) is 0 Å². The summed E-state index contributed by atoms with van der Waals surface area (Å²) < 4.78 is 45.2. The van der Waals surface area contributed by atoms with Crippen LogP contribution in [0.3, 0.4) is 0 Å². The van der Waals surface area contributed by atoms with Gasteiger partial charge in [-0.15, -0.1) is 0 Å². The zero-order valence-electron chi connectivity index (χ0n) is 14.7. The molecule has 3 aromatic rings. The van der Waals surface area contributed by atoms with Crippen LogP contribution >= 0.6 is 0 Å². The average molecular weight is 374 g/mol. The maximum absolute atomic E-state index is 13.4. The second-order valence-corrected chi connectivity index (χ2v) is 5.68. The highest BCUT2D eigenvalue weighted by Crippen LogP contribution is 2.36. The zero-order valence-corrected chi connectivity index (χ0v) is 14.7. The van der Waals surface area contributed by atoms with Crippen molar-refractivity contribution < 1.29 is 17.9 Å². The molecule has 140 valence electrons. The van der Waals surface area contributed by atoms with Gasteiger partial charge in [-0.2, -0.15) is 18.2 Å². The minimum Gasteiger partial charge on any atom is -0.497 e. The maximum Gasteiger partial charge on any atom is 0.421 e. The lowest BCUT2D eigenvalue weighted by Crippen LogP contribution is -2.17. The quantitative estimate of drug-likeness (QED) is 0.680. The smallest absolute Gasteiger partial charge is 0.421 e. The summed E-state index contributed by atoms with van der Waals surface area (Å²) in [5.74, 6) is 0.425. The normalized spacial score (nSPS) is 11.1. The van der Waals surface area contributed by atoms with Crippen LogP contribution in [0, 0.1) is 0 Å². The maximum atomic E-state index is 13.4. The topological polar surface area (TPSA) is 50.3 Å². The number of benzene rings is 2. The van der Waals surface area contributed by atoms with E-state index in [2.05, 4.69) is 15.3 Å².